The Morgan fingerprint density at radius 2 is 1.75 bits per heavy atom. The molecule has 0 aliphatic rings. The highest BCUT2D eigenvalue weighted by Gasteiger charge is 2.16. The van der Waals surface area contributed by atoms with Crippen LogP contribution in [0.3, 0.4) is 0 Å². The third kappa shape index (κ3) is 4.28. The highest BCUT2D eigenvalue weighted by atomic mass is 16.2. The van der Waals surface area contributed by atoms with Crippen LogP contribution in [0.5, 0.6) is 0 Å². The van der Waals surface area contributed by atoms with E-state index in [0.29, 0.717) is 28.7 Å². The molecule has 1 heterocycles. The molecule has 2 N–H and O–H groups in total. The van der Waals surface area contributed by atoms with Gasteiger partial charge in [0, 0.05) is 23.7 Å². The number of pyridine rings is 1. The lowest BCUT2D eigenvalue weighted by atomic mass is 10.1. The van der Waals surface area contributed by atoms with E-state index < -0.39 is 0 Å². The van der Waals surface area contributed by atoms with Gasteiger partial charge in [-0.05, 0) is 31.5 Å². The van der Waals surface area contributed by atoms with Crippen LogP contribution in [0.2, 0.25) is 0 Å². The van der Waals surface area contributed by atoms with Crippen LogP contribution in [0.4, 0.5) is 5.69 Å². The predicted molar refractivity (Wildman–Crippen MR) is 111 cm³/mol. The Labute approximate surface area is 163 Å². The van der Waals surface area contributed by atoms with E-state index in [0.717, 1.165) is 12.0 Å². The summed E-state index contributed by atoms with van der Waals surface area (Å²) in [5.74, 6) is -0.592. The van der Waals surface area contributed by atoms with E-state index >= 15 is 0 Å². The lowest BCUT2D eigenvalue weighted by molar-refractivity contribution is -0.116. The molecule has 0 radical (unpaired) electrons. The molecule has 0 spiro atoms. The number of hydrogen-bond acceptors (Lipinski definition) is 3. The van der Waals surface area contributed by atoms with E-state index in [1.165, 1.54) is 10.6 Å². The molecule has 1 aromatic heterocycles. The summed E-state index contributed by atoms with van der Waals surface area (Å²) in [6.07, 6.45) is 0.805. The number of aromatic nitrogens is 1. The Bertz CT molecular complexity index is 1070. The number of para-hydroxylation sites is 1. The Kier molecular flexibility index (Phi) is 5.89. The summed E-state index contributed by atoms with van der Waals surface area (Å²) in [5, 5.41) is 6.23. The van der Waals surface area contributed by atoms with Gasteiger partial charge in [-0.1, -0.05) is 42.8 Å². The summed E-state index contributed by atoms with van der Waals surface area (Å²) in [6.45, 7) is 4.33. The molecule has 0 saturated carbocycles. The van der Waals surface area contributed by atoms with Crippen LogP contribution in [0, 0.1) is 6.92 Å². The Balaban J connectivity index is 1.92. The van der Waals surface area contributed by atoms with Crippen molar-refractivity contribution in [2.75, 3.05) is 11.9 Å². The fraction of sp³-hybridized carbons (Fsp3) is 0.227. The van der Waals surface area contributed by atoms with Gasteiger partial charge in [0.05, 0.1) is 11.1 Å². The minimum absolute atomic E-state index is 0.135. The van der Waals surface area contributed by atoms with Crippen molar-refractivity contribution in [2.45, 2.75) is 26.8 Å². The Morgan fingerprint density at radius 1 is 1.04 bits per heavy atom. The molecule has 2 amide bonds. The van der Waals surface area contributed by atoms with Gasteiger partial charge in [0.25, 0.3) is 11.5 Å². The molecule has 6 nitrogen and oxygen atoms in total. The number of benzene rings is 2. The lowest BCUT2D eigenvalue weighted by Crippen LogP contribution is -2.31. The number of fused-ring (bicyclic) bond motifs is 1. The first-order chi connectivity index (χ1) is 13.5. The molecule has 0 fully saturated rings. The number of carbonyl (C=O) groups is 2. The number of amides is 2. The zero-order valence-corrected chi connectivity index (χ0v) is 16.0. The highest BCUT2D eigenvalue weighted by molar-refractivity contribution is 6.06. The molecule has 3 aromatic rings. The van der Waals surface area contributed by atoms with Crippen LogP contribution in [0.15, 0.2) is 59.4 Å². The summed E-state index contributed by atoms with van der Waals surface area (Å²) in [5.41, 5.74) is 2.25. The van der Waals surface area contributed by atoms with Gasteiger partial charge in [-0.15, -0.1) is 0 Å². The molecular formula is C22H23N3O3. The third-order valence-electron chi connectivity index (χ3n) is 4.44. The monoisotopic (exact) mass is 377 g/mol. The maximum atomic E-state index is 12.7. The SMILES string of the molecule is CCCNC(=O)c1cc(=O)n(CC(=O)Nc2ccc(C)cc2)c2ccccc12. The highest BCUT2D eigenvalue weighted by Crippen LogP contribution is 2.17. The number of hydrogen-bond donors (Lipinski definition) is 2. The van der Waals surface area contributed by atoms with Crippen molar-refractivity contribution in [1.29, 1.82) is 0 Å². The predicted octanol–water partition coefficient (Wildman–Crippen LogP) is 3.09. The van der Waals surface area contributed by atoms with Crippen molar-refractivity contribution in [3.63, 3.8) is 0 Å². The number of aryl methyl sites for hydroxylation is 1. The van der Waals surface area contributed by atoms with Gasteiger partial charge in [-0.2, -0.15) is 0 Å². The van der Waals surface area contributed by atoms with Crippen LogP contribution in [0.1, 0.15) is 29.3 Å². The number of anilines is 1. The van der Waals surface area contributed by atoms with Crippen LogP contribution in [-0.4, -0.2) is 22.9 Å². The number of nitrogens with one attached hydrogen (secondary N) is 2. The molecule has 2 aromatic carbocycles. The average Bonchev–Trinajstić information content (AvgIpc) is 2.69. The molecular weight excluding hydrogens is 354 g/mol. The first kappa shape index (κ1) is 19.4. The number of carbonyl (C=O) groups excluding carboxylic acids is 2. The molecule has 0 bridgehead atoms. The number of nitrogens with zero attached hydrogens (tertiary/aromatic N) is 1. The molecule has 3 rings (SSSR count). The average molecular weight is 377 g/mol. The molecule has 28 heavy (non-hydrogen) atoms. The molecule has 0 saturated heterocycles. The molecule has 0 unspecified atom stereocenters. The van der Waals surface area contributed by atoms with Crippen LogP contribution in [-0.2, 0) is 11.3 Å². The summed E-state index contributed by atoms with van der Waals surface area (Å²) in [4.78, 5) is 37.6. The summed E-state index contributed by atoms with van der Waals surface area (Å²) in [7, 11) is 0. The minimum Gasteiger partial charge on any atom is -0.352 e. The van der Waals surface area contributed by atoms with Gasteiger partial charge in [-0.3, -0.25) is 19.0 Å². The molecule has 0 aliphatic carbocycles. The number of rotatable bonds is 6. The van der Waals surface area contributed by atoms with Gasteiger partial charge in [0.15, 0.2) is 0 Å². The van der Waals surface area contributed by atoms with Crippen molar-refractivity contribution in [2.24, 2.45) is 0 Å². The van der Waals surface area contributed by atoms with E-state index in [4.69, 9.17) is 0 Å². The molecule has 144 valence electrons. The Hall–Kier alpha value is -3.41. The van der Waals surface area contributed by atoms with E-state index in [2.05, 4.69) is 10.6 Å². The Morgan fingerprint density at radius 3 is 2.46 bits per heavy atom. The topological polar surface area (TPSA) is 80.2 Å². The quantitative estimate of drug-likeness (QED) is 0.693. The van der Waals surface area contributed by atoms with Gasteiger partial charge in [0.1, 0.15) is 6.54 Å². The second-order valence-electron chi connectivity index (χ2n) is 6.67. The molecule has 0 atom stereocenters. The van der Waals surface area contributed by atoms with Crippen molar-refractivity contribution < 1.29 is 9.59 Å². The summed E-state index contributed by atoms with van der Waals surface area (Å²) < 4.78 is 1.38. The van der Waals surface area contributed by atoms with E-state index in [1.54, 1.807) is 24.3 Å². The van der Waals surface area contributed by atoms with Crippen molar-refractivity contribution >= 4 is 28.4 Å². The van der Waals surface area contributed by atoms with Crippen molar-refractivity contribution in [3.05, 3.63) is 76.1 Å². The molecule has 0 aliphatic heterocycles. The van der Waals surface area contributed by atoms with E-state index in [9.17, 15) is 14.4 Å². The second kappa shape index (κ2) is 8.52. The van der Waals surface area contributed by atoms with Crippen molar-refractivity contribution in [3.8, 4) is 0 Å². The van der Waals surface area contributed by atoms with Crippen LogP contribution < -0.4 is 16.2 Å². The minimum atomic E-state index is -0.389. The normalized spacial score (nSPS) is 10.6. The first-order valence-electron chi connectivity index (χ1n) is 9.27. The maximum Gasteiger partial charge on any atom is 0.252 e. The fourth-order valence-corrected chi connectivity index (χ4v) is 3.00. The van der Waals surface area contributed by atoms with Crippen molar-refractivity contribution in [1.82, 2.24) is 9.88 Å². The molecule has 6 heteroatoms. The standard InChI is InChI=1S/C22H23N3O3/c1-3-12-23-22(28)18-13-21(27)25(19-7-5-4-6-17(18)19)14-20(26)24-16-10-8-15(2)9-11-16/h4-11,13H,3,12,14H2,1-2H3,(H,23,28)(H,24,26). The van der Waals surface area contributed by atoms with Crippen LogP contribution >= 0.6 is 0 Å². The van der Waals surface area contributed by atoms with E-state index in [-0.39, 0.29) is 23.9 Å². The zero-order chi connectivity index (χ0) is 20.1. The van der Waals surface area contributed by atoms with Gasteiger partial charge in [-0.25, -0.2) is 0 Å². The summed E-state index contributed by atoms with van der Waals surface area (Å²) >= 11 is 0. The zero-order valence-electron chi connectivity index (χ0n) is 16.0. The second-order valence-corrected chi connectivity index (χ2v) is 6.67. The maximum absolute atomic E-state index is 12.7. The fourth-order valence-electron chi connectivity index (χ4n) is 3.00. The first-order valence-corrected chi connectivity index (χ1v) is 9.27. The third-order valence-corrected chi connectivity index (χ3v) is 4.44. The van der Waals surface area contributed by atoms with E-state index in [1.807, 2.05) is 38.1 Å². The van der Waals surface area contributed by atoms with Gasteiger partial charge < -0.3 is 10.6 Å². The van der Waals surface area contributed by atoms with Gasteiger partial charge >= 0.3 is 0 Å². The van der Waals surface area contributed by atoms with Crippen LogP contribution in [0.25, 0.3) is 10.9 Å². The van der Waals surface area contributed by atoms with Gasteiger partial charge in [0.2, 0.25) is 5.91 Å². The largest absolute Gasteiger partial charge is 0.352 e. The smallest absolute Gasteiger partial charge is 0.252 e. The summed E-state index contributed by atoms with van der Waals surface area (Å²) in [6, 6.07) is 15.8. The lowest BCUT2D eigenvalue weighted by Gasteiger charge is -2.13.